The molecular weight excluding hydrogens is 653 g/mol. The number of alkyl halides is 1. The van der Waals surface area contributed by atoms with E-state index in [9.17, 15) is 24.2 Å². The number of ether oxygens (including phenoxy) is 1. The Kier molecular flexibility index (Phi) is 12.2. The Balaban J connectivity index is 0.00000257. The average Bonchev–Trinajstić information content (AvgIpc) is 3.51. The molecule has 5 aliphatic rings. The van der Waals surface area contributed by atoms with Crippen LogP contribution in [0.2, 0.25) is 0 Å². The molecule has 52 heavy (non-hydrogen) atoms. The van der Waals surface area contributed by atoms with Crippen LogP contribution in [0.15, 0.2) is 42.5 Å². The number of aliphatic hydroxyl groups is 1. The number of halogens is 1. The third kappa shape index (κ3) is 6.81. The zero-order valence-electron chi connectivity index (χ0n) is 33.6. The number of carboxylic acids is 1. The zero-order valence-corrected chi connectivity index (χ0v) is 33.6. The van der Waals surface area contributed by atoms with Gasteiger partial charge < -0.3 is 20.3 Å². The molecule has 1 aromatic carbocycles. The molecule has 0 spiro atoms. The summed E-state index contributed by atoms with van der Waals surface area (Å²) >= 11 is 0. The summed E-state index contributed by atoms with van der Waals surface area (Å²) in [6, 6.07) is 9.56. The van der Waals surface area contributed by atoms with Gasteiger partial charge in [-0.05, 0) is 145 Å². The van der Waals surface area contributed by atoms with Gasteiger partial charge in [0.25, 0.3) is 0 Å². The normalized spacial score (nSPS) is 39.4. The van der Waals surface area contributed by atoms with E-state index in [1.54, 1.807) is 0 Å². The Morgan fingerprint density at radius 2 is 1.60 bits per heavy atom. The first-order valence-corrected chi connectivity index (χ1v) is 20.4. The predicted molar refractivity (Wildman–Crippen MR) is 206 cm³/mol. The monoisotopic (exact) mass is 724 g/mol. The first-order valence-electron chi connectivity index (χ1n) is 20.4. The van der Waals surface area contributed by atoms with E-state index in [0.717, 1.165) is 76.2 Å². The molecule has 0 saturated heterocycles. The van der Waals surface area contributed by atoms with E-state index in [2.05, 4.69) is 70.8 Å². The molecule has 0 bridgehead atoms. The number of carboxylic acid groups (broad SMARTS) is 1. The molecule has 0 heterocycles. The van der Waals surface area contributed by atoms with Gasteiger partial charge in [0.2, 0.25) is 5.91 Å². The summed E-state index contributed by atoms with van der Waals surface area (Å²) in [5.41, 5.74) is 2.06. The topological polar surface area (TPSA) is 95.9 Å². The van der Waals surface area contributed by atoms with Gasteiger partial charge in [0.05, 0.1) is 31.9 Å². The Labute approximate surface area is 314 Å². The lowest BCUT2D eigenvalue weighted by molar-refractivity contribution is -0.246. The van der Waals surface area contributed by atoms with Gasteiger partial charge in [-0.1, -0.05) is 85.4 Å². The van der Waals surface area contributed by atoms with E-state index in [-0.39, 0.29) is 51.4 Å². The highest BCUT2D eigenvalue weighted by Gasteiger charge is 2.72. The van der Waals surface area contributed by atoms with Crippen LogP contribution in [-0.2, 0) is 20.7 Å². The highest BCUT2D eigenvalue weighted by Crippen LogP contribution is 2.77. The number of nitrogens with one attached hydrogen (secondary N) is 1. The molecule has 5 saturated carbocycles. The summed E-state index contributed by atoms with van der Waals surface area (Å²) in [5, 5.41) is 24.4. The SMILES string of the molecule is C=C(COCCc1ccccc1)[C@@H]1CC[C@]2(C(=O)NC(CC(C)C)C(=O)O)CC[C@]3(C)[C@H](CC[C@@H]4[C@@]5(C)CC[C@H](O)C(C)(C)[C@@H]5CC[C@]43C)[C@@H]12.CF. The molecule has 292 valence electrons. The van der Waals surface area contributed by atoms with Gasteiger partial charge in [-0.2, -0.15) is 0 Å². The number of fused-ring (bicyclic) bond motifs is 7. The van der Waals surface area contributed by atoms with Crippen molar-refractivity contribution in [1.29, 1.82) is 0 Å². The molecule has 1 unspecified atom stereocenters. The molecule has 6 rings (SSSR count). The fourth-order valence-corrected chi connectivity index (χ4v) is 13.6. The molecule has 0 radical (unpaired) electrons. The zero-order chi connectivity index (χ0) is 38.3. The average molecular weight is 724 g/mol. The second-order valence-corrected chi connectivity index (χ2v) is 19.3. The number of hydrogen-bond acceptors (Lipinski definition) is 4. The molecule has 0 aliphatic heterocycles. The maximum atomic E-state index is 14.7. The molecule has 5 fully saturated rings. The summed E-state index contributed by atoms with van der Waals surface area (Å²) in [5.74, 6) is 0.919. The molecular formula is C45H70FNO5. The number of benzene rings is 1. The second-order valence-electron chi connectivity index (χ2n) is 19.3. The summed E-state index contributed by atoms with van der Waals surface area (Å²) in [6.07, 6.45) is 11.1. The van der Waals surface area contributed by atoms with Crippen molar-refractivity contribution in [2.24, 2.45) is 62.6 Å². The van der Waals surface area contributed by atoms with E-state index in [1.165, 1.54) is 5.56 Å². The van der Waals surface area contributed by atoms with Crippen LogP contribution >= 0.6 is 0 Å². The van der Waals surface area contributed by atoms with Crippen LogP contribution in [0, 0.1) is 62.6 Å². The second kappa shape index (κ2) is 15.5. The quantitative estimate of drug-likeness (QED) is 0.156. The number of aliphatic hydroxyl groups excluding tert-OH is 1. The molecule has 11 atom stereocenters. The molecule has 3 N–H and O–H groups in total. The Morgan fingerprint density at radius 1 is 0.904 bits per heavy atom. The van der Waals surface area contributed by atoms with Gasteiger partial charge >= 0.3 is 5.97 Å². The Bertz CT molecular complexity index is 1430. The van der Waals surface area contributed by atoms with E-state index < -0.39 is 17.4 Å². The van der Waals surface area contributed by atoms with Crippen LogP contribution in [0.5, 0.6) is 0 Å². The molecule has 7 heteroatoms. The van der Waals surface area contributed by atoms with Gasteiger partial charge in [0, 0.05) is 0 Å². The molecule has 6 nitrogen and oxygen atoms in total. The smallest absolute Gasteiger partial charge is 0.326 e. The lowest BCUT2D eigenvalue weighted by atomic mass is 9.32. The first kappa shape index (κ1) is 40.9. The number of hydrogen-bond donors (Lipinski definition) is 3. The standard InChI is InChI=1S/C44H67NO5.CH3F/c1-28(2)26-33(38(47)48)45-39(49)44-22-16-31(29(3)27-50-25-19-30-12-10-9-11-13-30)37(44)32-14-15-35-41(6)20-18-36(46)40(4,5)34(41)17-21-43(35,8)42(32,7)23-24-44;1-2/h9-13,28,31-37,46H,3,14-27H2,1-2,4-8H3,(H,45,49)(H,47,48);1H3/t31-,32+,33?,34-,35+,36-,37+,41-,42+,43+,44-;/m0./s1. The van der Waals surface area contributed by atoms with E-state index in [1.807, 2.05) is 19.9 Å². The minimum atomic E-state index is -0.940. The molecule has 0 aromatic heterocycles. The largest absolute Gasteiger partial charge is 0.480 e. The van der Waals surface area contributed by atoms with Crippen molar-refractivity contribution >= 4 is 11.9 Å². The van der Waals surface area contributed by atoms with Crippen molar-refractivity contribution in [2.45, 2.75) is 138 Å². The van der Waals surface area contributed by atoms with Crippen LogP contribution in [0.1, 0.15) is 125 Å². The van der Waals surface area contributed by atoms with Gasteiger partial charge in [-0.15, -0.1) is 0 Å². The van der Waals surface area contributed by atoms with E-state index in [0.29, 0.717) is 44.6 Å². The highest BCUT2D eigenvalue weighted by molar-refractivity contribution is 5.88. The van der Waals surface area contributed by atoms with Gasteiger partial charge in [0.15, 0.2) is 0 Å². The third-order valence-electron chi connectivity index (χ3n) is 16.4. The lowest BCUT2D eigenvalue weighted by Gasteiger charge is -2.72. The summed E-state index contributed by atoms with van der Waals surface area (Å²) in [7, 11) is 0.500. The van der Waals surface area contributed by atoms with Crippen LogP contribution in [-0.4, -0.2) is 54.6 Å². The minimum Gasteiger partial charge on any atom is -0.480 e. The Hall–Kier alpha value is -2.25. The van der Waals surface area contributed by atoms with Crippen LogP contribution in [0.25, 0.3) is 0 Å². The van der Waals surface area contributed by atoms with Crippen LogP contribution in [0.3, 0.4) is 0 Å². The van der Waals surface area contributed by atoms with Crippen molar-refractivity contribution in [2.75, 3.05) is 20.4 Å². The minimum absolute atomic E-state index is 0.0381. The van der Waals surface area contributed by atoms with Crippen LogP contribution < -0.4 is 5.32 Å². The molecule has 1 amide bonds. The highest BCUT2D eigenvalue weighted by atomic mass is 19.1. The maximum Gasteiger partial charge on any atom is 0.326 e. The number of amides is 1. The molecule has 1 aromatic rings. The number of carbonyl (C=O) groups is 2. The number of aliphatic carboxylic acids is 1. The van der Waals surface area contributed by atoms with Gasteiger partial charge in [0.1, 0.15) is 6.04 Å². The van der Waals surface area contributed by atoms with Crippen molar-refractivity contribution in [3.05, 3.63) is 48.0 Å². The fraction of sp³-hybridized carbons (Fsp3) is 0.778. The summed E-state index contributed by atoms with van der Waals surface area (Å²) < 4.78 is 15.8. The lowest BCUT2D eigenvalue weighted by Crippen LogP contribution is -2.67. The first-order chi connectivity index (χ1) is 24.5. The van der Waals surface area contributed by atoms with Crippen molar-refractivity contribution < 1.29 is 28.9 Å². The van der Waals surface area contributed by atoms with Crippen molar-refractivity contribution in [3.8, 4) is 0 Å². The maximum absolute atomic E-state index is 14.7. The number of carbonyl (C=O) groups excluding carboxylic acids is 1. The summed E-state index contributed by atoms with van der Waals surface area (Å²) in [4.78, 5) is 27.1. The van der Waals surface area contributed by atoms with E-state index >= 15 is 0 Å². The van der Waals surface area contributed by atoms with Crippen molar-refractivity contribution in [3.63, 3.8) is 0 Å². The summed E-state index contributed by atoms with van der Waals surface area (Å²) in [6.45, 7) is 22.2. The molecule has 5 aliphatic carbocycles. The van der Waals surface area contributed by atoms with E-state index in [4.69, 9.17) is 4.74 Å². The Morgan fingerprint density at radius 3 is 2.25 bits per heavy atom. The van der Waals surface area contributed by atoms with Gasteiger partial charge in [-0.25, -0.2) is 4.79 Å². The van der Waals surface area contributed by atoms with Crippen molar-refractivity contribution in [1.82, 2.24) is 5.32 Å². The fourth-order valence-electron chi connectivity index (χ4n) is 13.6. The third-order valence-corrected chi connectivity index (χ3v) is 16.4. The number of rotatable bonds is 11. The predicted octanol–water partition coefficient (Wildman–Crippen LogP) is 9.45. The van der Waals surface area contributed by atoms with Crippen LogP contribution in [0.4, 0.5) is 4.39 Å². The van der Waals surface area contributed by atoms with Gasteiger partial charge in [-0.3, -0.25) is 9.18 Å².